The van der Waals surface area contributed by atoms with Gasteiger partial charge in [-0.15, -0.1) is 0 Å². The van der Waals surface area contributed by atoms with E-state index < -0.39 is 0 Å². The van der Waals surface area contributed by atoms with E-state index in [1.54, 1.807) is 0 Å². The lowest BCUT2D eigenvalue weighted by Gasteiger charge is -2.28. The zero-order valence-corrected chi connectivity index (χ0v) is 14.5. The van der Waals surface area contributed by atoms with Gasteiger partial charge < -0.3 is 15.2 Å². The van der Waals surface area contributed by atoms with Crippen LogP contribution < -0.4 is 10.6 Å². The highest BCUT2D eigenvalue weighted by atomic mass is 16.5. The molecule has 0 radical (unpaired) electrons. The van der Waals surface area contributed by atoms with E-state index in [2.05, 4.69) is 27.7 Å². The van der Waals surface area contributed by atoms with Crippen LogP contribution in [0.1, 0.15) is 56.0 Å². The van der Waals surface area contributed by atoms with E-state index in [1.807, 2.05) is 20.9 Å². The maximum Gasteiger partial charge on any atom is 0.191 e. The summed E-state index contributed by atoms with van der Waals surface area (Å²) < 4.78 is 5.20. The van der Waals surface area contributed by atoms with Gasteiger partial charge in [-0.1, -0.05) is 24.9 Å². The average molecular weight is 306 g/mol. The van der Waals surface area contributed by atoms with Crippen molar-refractivity contribution in [3.8, 4) is 0 Å². The van der Waals surface area contributed by atoms with Crippen LogP contribution in [0.2, 0.25) is 0 Å². The third kappa shape index (κ3) is 4.02. The molecule has 0 bridgehead atoms. The minimum atomic E-state index is 0.472. The Balaban J connectivity index is 1.78. The summed E-state index contributed by atoms with van der Waals surface area (Å²) >= 11 is 0. The molecule has 5 nitrogen and oxygen atoms in total. The molecule has 1 aliphatic carbocycles. The predicted molar refractivity (Wildman–Crippen MR) is 90.2 cm³/mol. The van der Waals surface area contributed by atoms with Gasteiger partial charge in [0.15, 0.2) is 5.96 Å². The van der Waals surface area contributed by atoms with Crippen LogP contribution in [0.4, 0.5) is 0 Å². The molecule has 0 amide bonds. The molecule has 0 aromatic carbocycles. The summed E-state index contributed by atoms with van der Waals surface area (Å²) in [5.41, 5.74) is 2.65. The predicted octanol–water partition coefficient (Wildman–Crippen LogP) is 2.97. The molecule has 0 aliphatic heterocycles. The second-order valence-corrected chi connectivity index (χ2v) is 6.47. The number of aryl methyl sites for hydroxylation is 2. The van der Waals surface area contributed by atoms with Gasteiger partial charge in [-0.3, -0.25) is 4.99 Å². The second-order valence-electron chi connectivity index (χ2n) is 6.47. The first-order valence-corrected chi connectivity index (χ1v) is 8.46. The summed E-state index contributed by atoms with van der Waals surface area (Å²) in [6, 6.07) is 0. The van der Waals surface area contributed by atoms with Crippen LogP contribution >= 0.6 is 0 Å². The number of guanidine groups is 1. The van der Waals surface area contributed by atoms with Crippen molar-refractivity contribution in [2.24, 2.45) is 10.4 Å². The number of aromatic nitrogens is 1. The number of aliphatic imine (C=N–C) groups is 1. The third-order valence-corrected chi connectivity index (χ3v) is 5.12. The zero-order chi connectivity index (χ0) is 16.0. The first-order chi connectivity index (χ1) is 10.6. The van der Waals surface area contributed by atoms with Gasteiger partial charge in [-0.25, -0.2) is 0 Å². The first-order valence-electron chi connectivity index (χ1n) is 8.46. The zero-order valence-electron chi connectivity index (χ0n) is 14.5. The third-order valence-electron chi connectivity index (χ3n) is 5.12. The number of hydrogen-bond donors (Lipinski definition) is 2. The van der Waals surface area contributed by atoms with Crippen LogP contribution in [-0.4, -0.2) is 31.3 Å². The molecular weight excluding hydrogens is 276 g/mol. The molecule has 124 valence electrons. The molecule has 5 heteroatoms. The highest BCUT2D eigenvalue weighted by Crippen LogP contribution is 2.40. The number of rotatable bonds is 6. The molecule has 2 rings (SSSR count). The van der Waals surface area contributed by atoms with E-state index in [4.69, 9.17) is 4.52 Å². The van der Waals surface area contributed by atoms with Crippen molar-refractivity contribution in [1.29, 1.82) is 0 Å². The van der Waals surface area contributed by atoms with E-state index in [0.717, 1.165) is 36.9 Å². The Labute approximate surface area is 133 Å². The average Bonchev–Trinajstić information content (AvgIpc) is 3.12. The Morgan fingerprint density at radius 2 is 2.00 bits per heavy atom. The Hall–Kier alpha value is -1.52. The molecule has 1 heterocycles. The standard InChI is InChI=1S/C17H30N4O/c1-5-17(9-6-7-10-17)12-20-16(18-4)19-11-8-15-13(2)21-22-14(15)3/h5-12H2,1-4H3,(H2,18,19,20). The highest BCUT2D eigenvalue weighted by molar-refractivity contribution is 5.79. The molecule has 0 spiro atoms. The van der Waals surface area contributed by atoms with Gasteiger partial charge in [0.1, 0.15) is 5.76 Å². The Morgan fingerprint density at radius 1 is 1.27 bits per heavy atom. The van der Waals surface area contributed by atoms with Crippen molar-refractivity contribution >= 4 is 5.96 Å². The van der Waals surface area contributed by atoms with Crippen LogP contribution in [0.15, 0.2) is 9.52 Å². The summed E-state index contributed by atoms with van der Waals surface area (Å²) in [5.74, 6) is 1.81. The van der Waals surface area contributed by atoms with Gasteiger partial charge in [0.2, 0.25) is 0 Å². The van der Waals surface area contributed by atoms with E-state index in [-0.39, 0.29) is 0 Å². The van der Waals surface area contributed by atoms with Gasteiger partial charge in [-0.2, -0.15) is 0 Å². The largest absolute Gasteiger partial charge is 0.361 e. The molecule has 2 N–H and O–H groups in total. The van der Waals surface area contributed by atoms with Crippen molar-refractivity contribution in [1.82, 2.24) is 15.8 Å². The summed E-state index contributed by atoms with van der Waals surface area (Å²) in [5, 5.41) is 10.9. The van der Waals surface area contributed by atoms with E-state index in [9.17, 15) is 0 Å². The van der Waals surface area contributed by atoms with Crippen LogP contribution in [0.3, 0.4) is 0 Å². The molecule has 1 aromatic rings. The number of nitrogens with one attached hydrogen (secondary N) is 2. The smallest absolute Gasteiger partial charge is 0.191 e. The van der Waals surface area contributed by atoms with Gasteiger partial charge in [-0.05, 0) is 44.9 Å². The fourth-order valence-corrected chi connectivity index (χ4v) is 3.44. The molecule has 0 unspecified atom stereocenters. The van der Waals surface area contributed by atoms with Crippen LogP contribution in [0.25, 0.3) is 0 Å². The summed E-state index contributed by atoms with van der Waals surface area (Å²) in [7, 11) is 1.83. The first kappa shape index (κ1) is 16.8. The van der Waals surface area contributed by atoms with Gasteiger partial charge in [0.25, 0.3) is 0 Å². The van der Waals surface area contributed by atoms with Crippen molar-refractivity contribution < 1.29 is 4.52 Å². The van der Waals surface area contributed by atoms with E-state index in [0.29, 0.717) is 5.41 Å². The highest BCUT2D eigenvalue weighted by Gasteiger charge is 2.31. The lowest BCUT2D eigenvalue weighted by atomic mass is 9.83. The molecule has 1 fully saturated rings. The number of hydrogen-bond acceptors (Lipinski definition) is 3. The second kappa shape index (κ2) is 7.65. The minimum Gasteiger partial charge on any atom is -0.361 e. The maximum absolute atomic E-state index is 5.20. The fourth-order valence-electron chi connectivity index (χ4n) is 3.44. The van der Waals surface area contributed by atoms with Gasteiger partial charge >= 0.3 is 0 Å². The Bertz CT molecular complexity index is 481. The molecule has 0 atom stereocenters. The van der Waals surface area contributed by atoms with E-state index >= 15 is 0 Å². The molecule has 0 saturated heterocycles. The van der Waals surface area contributed by atoms with Crippen molar-refractivity contribution in [2.75, 3.05) is 20.1 Å². The maximum atomic E-state index is 5.20. The molecule has 22 heavy (non-hydrogen) atoms. The fraction of sp³-hybridized carbons (Fsp3) is 0.765. The van der Waals surface area contributed by atoms with E-state index in [1.165, 1.54) is 37.7 Å². The summed E-state index contributed by atoms with van der Waals surface area (Å²) in [4.78, 5) is 4.33. The summed E-state index contributed by atoms with van der Waals surface area (Å²) in [6.07, 6.45) is 7.57. The molecule has 1 saturated carbocycles. The molecule has 1 aliphatic rings. The lowest BCUT2D eigenvalue weighted by Crippen LogP contribution is -2.43. The lowest BCUT2D eigenvalue weighted by molar-refractivity contribution is 0.283. The topological polar surface area (TPSA) is 62.5 Å². The van der Waals surface area contributed by atoms with Gasteiger partial charge in [0.05, 0.1) is 5.69 Å². The normalized spacial score (nSPS) is 17.7. The monoisotopic (exact) mass is 306 g/mol. The van der Waals surface area contributed by atoms with Crippen molar-refractivity contribution in [2.45, 2.75) is 59.3 Å². The van der Waals surface area contributed by atoms with Crippen LogP contribution in [-0.2, 0) is 6.42 Å². The molecular formula is C17H30N4O. The quantitative estimate of drug-likeness (QED) is 0.626. The van der Waals surface area contributed by atoms with Crippen LogP contribution in [0, 0.1) is 19.3 Å². The SMILES string of the molecule is CCC1(CNC(=NC)NCCc2c(C)noc2C)CCCC1. The van der Waals surface area contributed by atoms with Crippen LogP contribution in [0.5, 0.6) is 0 Å². The minimum absolute atomic E-state index is 0.472. The van der Waals surface area contributed by atoms with Crippen molar-refractivity contribution in [3.63, 3.8) is 0 Å². The Morgan fingerprint density at radius 3 is 2.55 bits per heavy atom. The number of nitrogens with zero attached hydrogens (tertiary/aromatic N) is 2. The Kier molecular flexibility index (Phi) is 5.86. The van der Waals surface area contributed by atoms with Gasteiger partial charge in [0, 0.05) is 25.7 Å². The summed E-state index contributed by atoms with van der Waals surface area (Å²) in [6.45, 7) is 8.12. The molecule has 1 aromatic heterocycles. The van der Waals surface area contributed by atoms with Crippen molar-refractivity contribution in [3.05, 3.63) is 17.0 Å².